The van der Waals surface area contributed by atoms with E-state index >= 15 is 0 Å². The Bertz CT molecular complexity index is 1030. The number of amides is 1. The minimum Gasteiger partial charge on any atom is -0.383 e. The molecule has 1 N–H and O–H groups in total. The van der Waals surface area contributed by atoms with Crippen LogP contribution in [-0.2, 0) is 25.4 Å². The van der Waals surface area contributed by atoms with Gasteiger partial charge in [-0.25, -0.2) is 4.79 Å². The van der Waals surface area contributed by atoms with E-state index in [1.54, 1.807) is 24.8 Å². The van der Waals surface area contributed by atoms with E-state index < -0.39 is 11.2 Å². The van der Waals surface area contributed by atoms with Gasteiger partial charge in [0.25, 0.3) is 11.5 Å². The van der Waals surface area contributed by atoms with Crippen molar-refractivity contribution in [3.8, 4) is 0 Å². The number of rotatable bonds is 7. The number of fused-ring (bicyclic) bond motifs is 1. The van der Waals surface area contributed by atoms with E-state index in [0.717, 1.165) is 23.8 Å². The van der Waals surface area contributed by atoms with Gasteiger partial charge in [0.2, 0.25) is 0 Å². The van der Waals surface area contributed by atoms with Crippen molar-refractivity contribution in [1.82, 2.24) is 19.0 Å². The topological polar surface area (TPSA) is 87.3 Å². The highest BCUT2D eigenvalue weighted by Crippen LogP contribution is 2.20. The van der Waals surface area contributed by atoms with Crippen LogP contribution < -0.4 is 16.6 Å². The zero-order valence-electron chi connectivity index (χ0n) is 16.8. The molecule has 0 atom stereocenters. The number of hydrogen-bond acceptors (Lipinski definition) is 4. The first-order chi connectivity index (χ1) is 13.5. The highest BCUT2D eigenvalue weighted by atomic mass is 16.5. The Hall–Kier alpha value is -2.61. The Balaban J connectivity index is 1.92. The Morgan fingerprint density at radius 1 is 1.21 bits per heavy atom. The molecule has 0 fully saturated rings. The fourth-order valence-corrected chi connectivity index (χ4v) is 3.80. The first kappa shape index (κ1) is 20.1. The minimum absolute atomic E-state index is 0.252. The second-order valence-corrected chi connectivity index (χ2v) is 7.23. The van der Waals surface area contributed by atoms with Gasteiger partial charge >= 0.3 is 5.69 Å². The van der Waals surface area contributed by atoms with Crippen LogP contribution in [0.1, 0.15) is 42.6 Å². The number of nitrogens with one attached hydrogen (secondary N) is 1. The zero-order chi connectivity index (χ0) is 20.3. The van der Waals surface area contributed by atoms with Gasteiger partial charge < -0.3 is 14.6 Å². The average Bonchev–Trinajstić information content (AvgIpc) is 3.09. The molecular formula is C20H28N4O4. The average molecular weight is 388 g/mol. The van der Waals surface area contributed by atoms with Crippen LogP contribution in [0.4, 0.5) is 0 Å². The van der Waals surface area contributed by atoms with Gasteiger partial charge in [0.15, 0.2) is 0 Å². The normalized spacial score (nSPS) is 14.3. The van der Waals surface area contributed by atoms with Gasteiger partial charge in [-0.1, -0.05) is 11.6 Å². The number of carbonyl (C=O) groups excluding carboxylic acids is 1. The smallest absolute Gasteiger partial charge is 0.332 e. The van der Waals surface area contributed by atoms with Gasteiger partial charge in [0, 0.05) is 34.3 Å². The third-order valence-corrected chi connectivity index (χ3v) is 5.36. The molecule has 0 saturated heterocycles. The summed E-state index contributed by atoms with van der Waals surface area (Å²) in [5.74, 6) is -0.252. The van der Waals surface area contributed by atoms with Crippen LogP contribution in [0.5, 0.6) is 0 Å². The van der Waals surface area contributed by atoms with Gasteiger partial charge in [-0.3, -0.25) is 18.7 Å². The molecule has 152 valence electrons. The lowest BCUT2D eigenvalue weighted by molar-refractivity contribution is 0.0942. The number of methoxy groups -OCH3 is 1. The monoisotopic (exact) mass is 388 g/mol. The number of aromatic nitrogens is 3. The molecule has 3 rings (SSSR count). The van der Waals surface area contributed by atoms with Crippen LogP contribution in [0.25, 0.3) is 11.0 Å². The van der Waals surface area contributed by atoms with E-state index in [0.29, 0.717) is 36.4 Å². The van der Waals surface area contributed by atoms with Crippen molar-refractivity contribution in [2.75, 3.05) is 20.3 Å². The molecule has 2 heterocycles. The molecule has 1 amide bonds. The summed E-state index contributed by atoms with van der Waals surface area (Å²) in [7, 11) is 4.61. The van der Waals surface area contributed by atoms with E-state index in [1.165, 1.54) is 30.0 Å². The summed E-state index contributed by atoms with van der Waals surface area (Å²) in [6.07, 6.45) is 7.77. The molecule has 2 aromatic heterocycles. The molecule has 28 heavy (non-hydrogen) atoms. The van der Waals surface area contributed by atoms with Gasteiger partial charge in [-0.2, -0.15) is 0 Å². The van der Waals surface area contributed by atoms with Crippen molar-refractivity contribution < 1.29 is 9.53 Å². The lowest BCUT2D eigenvalue weighted by Gasteiger charge is -2.14. The molecule has 0 aliphatic heterocycles. The van der Waals surface area contributed by atoms with E-state index in [-0.39, 0.29) is 5.91 Å². The lowest BCUT2D eigenvalue weighted by Crippen LogP contribution is -2.37. The standard InChI is InChI=1S/C20H28N4O4/c1-22-18-15(19(26)23(2)20(22)27)13-16(24(18)11-12-28-3)17(25)21-10-9-14-7-5-4-6-8-14/h7,13H,4-6,8-12H2,1-3H3,(H,21,25). The second-order valence-electron chi connectivity index (χ2n) is 7.23. The fraction of sp³-hybridized carbons (Fsp3) is 0.550. The Morgan fingerprint density at radius 2 is 2.00 bits per heavy atom. The van der Waals surface area contributed by atoms with E-state index in [2.05, 4.69) is 11.4 Å². The summed E-state index contributed by atoms with van der Waals surface area (Å²) in [5, 5.41) is 3.30. The van der Waals surface area contributed by atoms with E-state index in [9.17, 15) is 14.4 Å². The summed E-state index contributed by atoms with van der Waals surface area (Å²) in [6.45, 7) is 1.28. The predicted molar refractivity (Wildman–Crippen MR) is 108 cm³/mol. The third-order valence-electron chi connectivity index (χ3n) is 5.36. The van der Waals surface area contributed by atoms with E-state index in [4.69, 9.17) is 4.74 Å². The Labute approximate surface area is 163 Å². The molecule has 8 nitrogen and oxygen atoms in total. The lowest BCUT2D eigenvalue weighted by atomic mass is 9.97. The van der Waals surface area contributed by atoms with Gasteiger partial charge in [-0.15, -0.1) is 0 Å². The molecule has 0 aromatic carbocycles. The maximum atomic E-state index is 12.8. The fourth-order valence-electron chi connectivity index (χ4n) is 3.80. The first-order valence-electron chi connectivity index (χ1n) is 9.70. The molecule has 2 aromatic rings. The van der Waals surface area contributed by atoms with Crippen LogP contribution >= 0.6 is 0 Å². The summed E-state index contributed by atoms with van der Waals surface area (Å²) in [5.41, 5.74) is 1.36. The number of hydrogen-bond donors (Lipinski definition) is 1. The summed E-state index contributed by atoms with van der Waals surface area (Å²) in [6, 6.07) is 1.57. The first-order valence-corrected chi connectivity index (χ1v) is 9.70. The largest absolute Gasteiger partial charge is 0.383 e. The number of carbonyl (C=O) groups is 1. The van der Waals surface area contributed by atoms with Gasteiger partial charge in [0.05, 0.1) is 12.0 Å². The highest BCUT2D eigenvalue weighted by Gasteiger charge is 2.21. The third kappa shape index (κ3) is 3.82. The molecule has 0 radical (unpaired) electrons. The molecule has 0 unspecified atom stereocenters. The number of allylic oxidation sites excluding steroid dienone is 1. The summed E-state index contributed by atoms with van der Waals surface area (Å²) >= 11 is 0. The van der Waals surface area contributed by atoms with E-state index in [1.807, 2.05) is 0 Å². The highest BCUT2D eigenvalue weighted by molar-refractivity contribution is 5.97. The Kier molecular flexibility index (Phi) is 6.18. The molecule has 0 spiro atoms. The maximum Gasteiger partial charge on any atom is 0.332 e. The summed E-state index contributed by atoms with van der Waals surface area (Å²) < 4.78 is 9.30. The SMILES string of the molecule is COCCn1c(C(=O)NCCC2=CCCCC2)cc2c(=O)n(C)c(=O)n(C)c21. The summed E-state index contributed by atoms with van der Waals surface area (Å²) in [4.78, 5) is 37.7. The molecule has 1 aliphatic rings. The zero-order valence-corrected chi connectivity index (χ0v) is 16.8. The molecular weight excluding hydrogens is 360 g/mol. The number of nitrogens with zero attached hydrogens (tertiary/aromatic N) is 3. The van der Waals surface area contributed by atoms with Gasteiger partial charge in [-0.05, 0) is 38.2 Å². The predicted octanol–water partition coefficient (Wildman–Crippen LogP) is 1.31. The molecule has 0 bridgehead atoms. The van der Waals surface area contributed by atoms with Crippen LogP contribution in [0.2, 0.25) is 0 Å². The number of aryl methyl sites for hydroxylation is 1. The van der Waals surface area contributed by atoms with Crippen molar-refractivity contribution in [1.29, 1.82) is 0 Å². The molecule has 1 aliphatic carbocycles. The van der Waals surface area contributed by atoms with Crippen molar-refractivity contribution >= 4 is 16.9 Å². The quantitative estimate of drug-likeness (QED) is 0.725. The number of ether oxygens (including phenoxy) is 1. The van der Waals surface area contributed by atoms with Crippen molar-refractivity contribution in [3.63, 3.8) is 0 Å². The van der Waals surface area contributed by atoms with Crippen LogP contribution in [0.15, 0.2) is 27.3 Å². The second kappa shape index (κ2) is 8.60. The Morgan fingerprint density at radius 3 is 2.68 bits per heavy atom. The van der Waals surface area contributed by atoms with Crippen molar-refractivity contribution in [2.45, 2.75) is 38.6 Å². The van der Waals surface area contributed by atoms with Gasteiger partial charge in [0.1, 0.15) is 11.3 Å². The molecule has 8 heteroatoms. The maximum absolute atomic E-state index is 12.8. The van der Waals surface area contributed by atoms with Crippen molar-refractivity contribution in [3.05, 3.63) is 44.2 Å². The molecule has 0 saturated carbocycles. The minimum atomic E-state index is -0.425. The van der Waals surface area contributed by atoms with Crippen LogP contribution in [0, 0.1) is 0 Å². The van der Waals surface area contributed by atoms with Crippen LogP contribution in [0.3, 0.4) is 0 Å². The van der Waals surface area contributed by atoms with Crippen molar-refractivity contribution in [2.24, 2.45) is 14.1 Å². The van der Waals surface area contributed by atoms with Crippen LogP contribution in [-0.4, -0.2) is 39.9 Å².